The average Bonchev–Trinajstić information content (AvgIpc) is 3.42. The van der Waals surface area contributed by atoms with Crippen molar-refractivity contribution in [3.63, 3.8) is 0 Å². The molecule has 1 aromatic heterocycles. The number of nitrogens with one attached hydrogen (secondary N) is 4. The fourth-order valence-corrected chi connectivity index (χ4v) is 5.14. The van der Waals surface area contributed by atoms with E-state index in [4.69, 9.17) is 9.47 Å². The Morgan fingerprint density at radius 2 is 1.81 bits per heavy atom. The number of fused-ring (bicyclic) bond motifs is 1. The molecule has 0 bridgehead atoms. The quantitative estimate of drug-likeness (QED) is 0.245. The highest BCUT2D eigenvalue weighted by Gasteiger charge is 2.33. The number of aromatic nitrogens is 1. The zero-order valence-electron chi connectivity index (χ0n) is 24.6. The molecule has 3 aromatic rings. The summed E-state index contributed by atoms with van der Waals surface area (Å²) in [5, 5.41) is 9.27. The van der Waals surface area contributed by atoms with Crippen LogP contribution < -0.4 is 25.4 Å². The van der Waals surface area contributed by atoms with Gasteiger partial charge in [-0.15, -0.1) is 0 Å². The summed E-state index contributed by atoms with van der Waals surface area (Å²) >= 11 is 0. The second-order valence-electron chi connectivity index (χ2n) is 11.3. The van der Waals surface area contributed by atoms with E-state index in [0.717, 1.165) is 22.9 Å². The predicted molar refractivity (Wildman–Crippen MR) is 160 cm³/mol. The normalized spacial score (nSPS) is 16.4. The summed E-state index contributed by atoms with van der Waals surface area (Å²) in [5.74, 6) is -0.593. The number of ether oxygens (including phenoxy) is 2. The van der Waals surface area contributed by atoms with Crippen molar-refractivity contribution < 1.29 is 28.7 Å². The van der Waals surface area contributed by atoms with Crippen molar-refractivity contribution in [1.82, 2.24) is 20.9 Å². The SMILES string of the molecule is COc1cccc2[nH]c(C(=O)N[C@@H](CC(C)C)C(=O)N[C@@H](C[C@@H]3CCCNC3=O)C(=O)COc3ccc(C)cc3)cc12. The van der Waals surface area contributed by atoms with E-state index < -0.39 is 29.8 Å². The van der Waals surface area contributed by atoms with Gasteiger partial charge in [-0.2, -0.15) is 0 Å². The molecule has 0 spiro atoms. The van der Waals surface area contributed by atoms with Crippen LogP contribution in [0.2, 0.25) is 0 Å². The molecule has 4 N–H and O–H groups in total. The number of aromatic amines is 1. The molecule has 42 heavy (non-hydrogen) atoms. The highest BCUT2D eigenvalue weighted by atomic mass is 16.5. The number of ketones is 1. The molecule has 0 radical (unpaired) electrons. The van der Waals surface area contributed by atoms with Gasteiger partial charge in [0.15, 0.2) is 5.78 Å². The smallest absolute Gasteiger partial charge is 0.268 e. The Labute approximate surface area is 245 Å². The minimum absolute atomic E-state index is 0.0759. The van der Waals surface area contributed by atoms with Crippen molar-refractivity contribution in [1.29, 1.82) is 0 Å². The number of hydrogen-bond donors (Lipinski definition) is 4. The van der Waals surface area contributed by atoms with Crippen LogP contribution in [0.25, 0.3) is 10.9 Å². The summed E-state index contributed by atoms with van der Waals surface area (Å²) in [5.41, 5.74) is 2.08. The van der Waals surface area contributed by atoms with Gasteiger partial charge in [-0.25, -0.2) is 0 Å². The second kappa shape index (κ2) is 14.0. The Morgan fingerprint density at radius 3 is 2.50 bits per heavy atom. The summed E-state index contributed by atoms with van der Waals surface area (Å²) in [6, 6.07) is 12.6. The van der Waals surface area contributed by atoms with E-state index >= 15 is 0 Å². The molecule has 0 unspecified atom stereocenters. The zero-order valence-corrected chi connectivity index (χ0v) is 24.6. The molecule has 2 heterocycles. The highest BCUT2D eigenvalue weighted by Crippen LogP contribution is 2.26. The maximum atomic E-state index is 13.6. The van der Waals surface area contributed by atoms with Crippen LogP contribution >= 0.6 is 0 Å². The number of carbonyl (C=O) groups is 4. The molecule has 3 atom stereocenters. The molecule has 1 aliphatic heterocycles. The first kappa shape index (κ1) is 30.6. The number of methoxy groups -OCH3 is 1. The topological polar surface area (TPSA) is 139 Å². The lowest BCUT2D eigenvalue weighted by atomic mass is 9.90. The molecule has 3 amide bonds. The number of hydrogen-bond acceptors (Lipinski definition) is 6. The van der Waals surface area contributed by atoms with Crippen LogP contribution in [0.4, 0.5) is 0 Å². The molecule has 10 nitrogen and oxygen atoms in total. The van der Waals surface area contributed by atoms with Gasteiger partial charge in [-0.3, -0.25) is 19.2 Å². The molecule has 4 rings (SSSR count). The third kappa shape index (κ3) is 7.90. The van der Waals surface area contributed by atoms with Crippen molar-refractivity contribution in [2.75, 3.05) is 20.3 Å². The molecule has 224 valence electrons. The lowest BCUT2D eigenvalue weighted by molar-refractivity contribution is -0.132. The maximum absolute atomic E-state index is 13.6. The number of amides is 3. The predicted octanol–water partition coefficient (Wildman–Crippen LogP) is 3.68. The Bertz CT molecular complexity index is 1410. The molecule has 1 fully saturated rings. The first-order valence-electron chi connectivity index (χ1n) is 14.4. The van der Waals surface area contributed by atoms with Gasteiger partial charge in [0.1, 0.15) is 29.8 Å². The molecule has 0 aliphatic carbocycles. The summed E-state index contributed by atoms with van der Waals surface area (Å²) in [6.07, 6.45) is 1.93. The van der Waals surface area contributed by atoms with Crippen molar-refractivity contribution in [3.8, 4) is 11.5 Å². The Kier molecular flexibility index (Phi) is 10.2. The van der Waals surface area contributed by atoms with Crippen LogP contribution in [0.1, 0.15) is 55.6 Å². The monoisotopic (exact) mass is 576 g/mol. The molecule has 1 saturated heterocycles. The third-order valence-corrected chi connectivity index (χ3v) is 7.44. The van der Waals surface area contributed by atoms with Gasteiger partial charge < -0.3 is 30.4 Å². The van der Waals surface area contributed by atoms with E-state index in [1.54, 1.807) is 31.4 Å². The van der Waals surface area contributed by atoms with E-state index in [-0.39, 0.29) is 36.3 Å². The fraction of sp³-hybridized carbons (Fsp3) is 0.438. The van der Waals surface area contributed by atoms with Crippen molar-refractivity contribution in [3.05, 3.63) is 59.8 Å². The number of Topliss-reactive ketones (excluding diaryl/α,β-unsaturated/α-hetero) is 1. The number of benzene rings is 2. The highest BCUT2D eigenvalue weighted by molar-refractivity contribution is 6.02. The minimum atomic E-state index is -0.958. The number of H-pyrrole nitrogens is 1. The Balaban J connectivity index is 1.50. The molecule has 1 aliphatic rings. The maximum Gasteiger partial charge on any atom is 0.268 e. The fourth-order valence-electron chi connectivity index (χ4n) is 5.14. The lowest BCUT2D eigenvalue weighted by Crippen LogP contribution is -2.54. The van der Waals surface area contributed by atoms with Crippen molar-refractivity contribution >= 4 is 34.4 Å². The number of rotatable bonds is 13. The molecule has 10 heteroatoms. The van der Waals surface area contributed by atoms with Crippen molar-refractivity contribution in [2.45, 2.75) is 58.5 Å². The standard InChI is InChI=1S/C32H40N4O6/c1-19(2)15-26(36-32(40)27-17-23-24(34-27)8-5-9-29(23)41-4)31(39)35-25(16-21-7-6-14-33-30(21)38)28(37)18-42-22-12-10-20(3)11-13-22/h5,8-13,17,19,21,25-26,34H,6-7,14-16,18H2,1-4H3,(H,33,38)(H,35,39)(H,36,40)/t21-,25-,26-/m0/s1. The Hall–Kier alpha value is -4.34. The minimum Gasteiger partial charge on any atom is -0.496 e. The van der Waals surface area contributed by atoms with Crippen molar-refractivity contribution in [2.24, 2.45) is 11.8 Å². The van der Waals surface area contributed by atoms with Crippen LogP contribution in [0.15, 0.2) is 48.5 Å². The van der Waals surface area contributed by atoms with Gasteiger partial charge in [0.05, 0.1) is 13.2 Å². The van der Waals surface area contributed by atoms with E-state index in [0.29, 0.717) is 30.9 Å². The largest absolute Gasteiger partial charge is 0.496 e. The Morgan fingerprint density at radius 1 is 1.05 bits per heavy atom. The zero-order chi connectivity index (χ0) is 30.2. The molecular weight excluding hydrogens is 536 g/mol. The number of aryl methyl sites for hydroxylation is 1. The summed E-state index contributed by atoms with van der Waals surface area (Å²) in [6.45, 7) is 6.19. The van der Waals surface area contributed by atoms with E-state index in [2.05, 4.69) is 20.9 Å². The molecule has 0 saturated carbocycles. The van der Waals surface area contributed by atoms with Crippen LogP contribution in [-0.2, 0) is 14.4 Å². The van der Waals surface area contributed by atoms with Gasteiger partial charge in [-0.05, 0) is 68.9 Å². The van der Waals surface area contributed by atoms with E-state index in [1.165, 1.54) is 0 Å². The lowest BCUT2D eigenvalue weighted by Gasteiger charge is -2.28. The second-order valence-corrected chi connectivity index (χ2v) is 11.3. The number of piperidine rings is 1. The van der Waals surface area contributed by atoms with E-state index in [1.807, 2.05) is 45.0 Å². The van der Waals surface area contributed by atoms with Crippen LogP contribution in [0.3, 0.4) is 0 Å². The van der Waals surface area contributed by atoms with E-state index in [9.17, 15) is 19.2 Å². The summed E-state index contributed by atoms with van der Waals surface area (Å²) in [7, 11) is 1.56. The third-order valence-electron chi connectivity index (χ3n) is 7.44. The van der Waals surface area contributed by atoms with Gasteiger partial charge in [-0.1, -0.05) is 37.6 Å². The van der Waals surface area contributed by atoms with Gasteiger partial charge in [0.2, 0.25) is 11.8 Å². The van der Waals surface area contributed by atoms with Crippen LogP contribution in [-0.4, -0.2) is 60.8 Å². The average molecular weight is 577 g/mol. The molecular formula is C32H40N4O6. The summed E-state index contributed by atoms with van der Waals surface area (Å²) in [4.78, 5) is 55.9. The molecule has 2 aromatic carbocycles. The van der Waals surface area contributed by atoms with Crippen LogP contribution in [0.5, 0.6) is 11.5 Å². The van der Waals surface area contributed by atoms with Gasteiger partial charge in [0, 0.05) is 23.4 Å². The summed E-state index contributed by atoms with van der Waals surface area (Å²) < 4.78 is 11.1. The first-order valence-corrected chi connectivity index (χ1v) is 14.4. The number of carbonyl (C=O) groups excluding carboxylic acids is 4. The first-order chi connectivity index (χ1) is 20.1. The van der Waals surface area contributed by atoms with Crippen LogP contribution in [0, 0.1) is 18.8 Å². The van der Waals surface area contributed by atoms with Gasteiger partial charge in [0.25, 0.3) is 5.91 Å². The van der Waals surface area contributed by atoms with Gasteiger partial charge >= 0.3 is 0 Å².